The summed E-state index contributed by atoms with van der Waals surface area (Å²) >= 11 is 8.12. The molecule has 2 heterocycles. The molecule has 0 saturated carbocycles. The van der Waals surface area contributed by atoms with E-state index in [-0.39, 0.29) is 0 Å². The van der Waals surface area contributed by atoms with E-state index in [4.69, 9.17) is 16.3 Å². The van der Waals surface area contributed by atoms with Gasteiger partial charge in [0.15, 0.2) is 11.0 Å². The fraction of sp³-hybridized carbons (Fsp3) is 0.300. The SMILES string of the molecule is Clc1ccccc1-c1nnc(SC[C@@H]2CCCO2)n1Cc1ccccc1. The first-order valence-corrected chi connectivity index (χ1v) is 10.1. The summed E-state index contributed by atoms with van der Waals surface area (Å²) < 4.78 is 7.89. The van der Waals surface area contributed by atoms with Crippen LogP contribution in [0.2, 0.25) is 5.02 Å². The molecule has 2 aromatic carbocycles. The van der Waals surface area contributed by atoms with Crippen molar-refractivity contribution in [2.45, 2.75) is 30.6 Å². The molecule has 4 rings (SSSR count). The van der Waals surface area contributed by atoms with Gasteiger partial charge in [-0.15, -0.1) is 10.2 Å². The fourth-order valence-electron chi connectivity index (χ4n) is 3.09. The van der Waals surface area contributed by atoms with Crippen molar-refractivity contribution in [1.82, 2.24) is 14.8 Å². The summed E-state index contributed by atoms with van der Waals surface area (Å²) in [5, 5.41) is 10.5. The Morgan fingerprint density at radius 1 is 1.08 bits per heavy atom. The molecule has 0 spiro atoms. The predicted octanol–water partition coefficient (Wildman–Crippen LogP) is 4.92. The van der Waals surface area contributed by atoms with E-state index in [2.05, 4.69) is 26.9 Å². The lowest BCUT2D eigenvalue weighted by Crippen LogP contribution is -2.10. The van der Waals surface area contributed by atoms with Gasteiger partial charge in [0.05, 0.1) is 17.7 Å². The van der Waals surface area contributed by atoms with Crippen molar-refractivity contribution in [3.05, 3.63) is 65.2 Å². The zero-order valence-electron chi connectivity index (χ0n) is 14.3. The molecule has 0 N–H and O–H groups in total. The van der Waals surface area contributed by atoms with Crippen molar-refractivity contribution in [2.24, 2.45) is 0 Å². The maximum absolute atomic E-state index is 6.42. The van der Waals surface area contributed by atoms with E-state index >= 15 is 0 Å². The standard InChI is InChI=1S/C20H20ClN3OS/c21-18-11-5-4-10-17(18)19-22-23-20(26-14-16-9-6-12-25-16)24(19)13-15-7-2-1-3-8-15/h1-5,7-8,10-11,16H,6,9,12-14H2/t16-/m0/s1. The monoisotopic (exact) mass is 385 g/mol. The molecule has 1 aliphatic rings. The summed E-state index contributed by atoms with van der Waals surface area (Å²) in [6.45, 7) is 1.58. The van der Waals surface area contributed by atoms with E-state index in [9.17, 15) is 0 Å². The Kier molecular flexibility index (Phi) is 5.58. The Hall–Kier alpha value is -1.82. The molecule has 0 radical (unpaired) electrons. The van der Waals surface area contributed by atoms with Gasteiger partial charge in [0.1, 0.15) is 0 Å². The summed E-state index contributed by atoms with van der Waals surface area (Å²) in [6.07, 6.45) is 2.58. The fourth-order valence-corrected chi connectivity index (χ4v) is 4.31. The molecular weight excluding hydrogens is 366 g/mol. The number of rotatable bonds is 6. The lowest BCUT2D eigenvalue weighted by Gasteiger charge is -2.12. The van der Waals surface area contributed by atoms with Crippen molar-refractivity contribution in [3.63, 3.8) is 0 Å². The van der Waals surface area contributed by atoms with E-state index in [1.807, 2.05) is 42.5 Å². The second-order valence-corrected chi connectivity index (χ2v) is 7.70. The summed E-state index contributed by atoms with van der Waals surface area (Å²) in [6, 6.07) is 18.1. The highest BCUT2D eigenvalue weighted by Gasteiger charge is 2.20. The second kappa shape index (κ2) is 8.25. The van der Waals surface area contributed by atoms with Gasteiger partial charge in [-0.2, -0.15) is 0 Å². The van der Waals surface area contributed by atoms with Crippen LogP contribution in [0.15, 0.2) is 59.8 Å². The number of nitrogens with zero attached hydrogens (tertiary/aromatic N) is 3. The van der Waals surface area contributed by atoms with E-state index < -0.39 is 0 Å². The number of thioether (sulfide) groups is 1. The van der Waals surface area contributed by atoms with Gasteiger partial charge in [-0.05, 0) is 30.5 Å². The highest BCUT2D eigenvalue weighted by Crippen LogP contribution is 2.31. The minimum Gasteiger partial charge on any atom is -0.377 e. The maximum atomic E-state index is 6.42. The summed E-state index contributed by atoms with van der Waals surface area (Å²) in [7, 11) is 0. The van der Waals surface area contributed by atoms with Crippen LogP contribution >= 0.6 is 23.4 Å². The quantitative estimate of drug-likeness (QED) is 0.565. The highest BCUT2D eigenvalue weighted by atomic mass is 35.5. The average molecular weight is 386 g/mol. The molecule has 1 fully saturated rings. The van der Waals surface area contributed by atoms with E-state index in [1.165, 1.54) is 5.56 Å². The van der Waals surface area contributed by atoms with Crippen molar-refractivity contribution in [3.8, 4) is 11.4 Å². The lowest BCUT2D eigenvalue weighted by molar-refractivity contribution is 0.129. The minimum atomic E-state index is 0.311. The van der Waals surface area contributed by atoms with Crippen LogP contribution in [0.1, 0.15) is 18.4 Å². The lowest BCUT2D eigenvalue weighted by atomic mass is 10.2. The number of benzene rings is 2. The third kappa shape index (κ3) is 3.95. The van der Waals surface area contributed by atoms with Crippen LogP contribution in [0.25, 0.3) is 11.4 Å². The van der Waals surface area contributed by atoms with Crippen molar-refractivity contribution in [1.29, 1.82) is 0 Å². The molecule has 4 nitrogen and oxygen atoms in total. The maximum Gasteiger partial charge on any atom is 0.191 e. The third-order valence-electron chi connectivity index (χ3n) is 4.44. The Labute approximate surface area is 162 Å². The molecule has 0 bridgehead atoms. The first-order chi connectivity index (χ1) is 12.8. The molecule has 134 valence electrons. The van der Waals surface area contributed by atoms with Crippen LogP contribution in [-0.2, 0) is 11.3 Å². The zero-order valence-corrected chi connectivity index (χ0v) is 15.9. The van der Waals surface area contributed by atoms with Crippen LogP contribution in [-0.4, -0.2) is 33.2 Å². The molecule has 1 saturated heterocycles. The molecule has 26 heavy (non-hydrogen) atoms. The van der Waals surface area contributed by atoms with E-state index in [0.717, 1.165) is 41.7 Å². The normalized spacial score (nSPS) is 16.9. The van der Waals surface area contributed by atoms with Gasteiger partial charge in [-0.25, -0.2) is 0 Å². The topological polar surface area (TPSA) is 39.9 Å². The molecule has 1 aromatic heterocycles. The van der Waals surface area contributed by atoms with Gasteiger partial charge < -0.3 is 4.74 Å². The summed E-state index contributed by atoms with van der Waals surface area (Å²) in [5.74, 6) is 1.70. The number of halogens is 1. The molecule has 0 aliphatic carbocycles. The van der Waals surface area contributed by atoms with Gasteiger partial charge in [-0.3, -0.25) is 4.57 Å². The molecule has 1 atom stereocenters. The smallest absolute Gasteiger partial charge is 0.191 e. The highest BCUT2D eigenvalue weighted by molar-refractivity contribution is 7.99. The van der Waals surface area contributed by atoms with Crippen molar-refractivity contribution >= 4 is 23.4 Å². The first kappa shape index (κ1) is 17.6. The predicted molar refractivity (Wildman–Crippen MR) is 106 cm³/mol. The Morgan fingerprint density at radius 2 is 1.88 bits per heavy atom. The molecule has 3 aromatic rings. The van der Waals surface area contributed by atoms with Crippen molar-refractivity contribution in [2.75, 3.05) is 12.4 Å². The van der Waals surface area contributed by atoms with Crippen LogP contribution in [0.4, 0.5) is 0 Å². The third-order valence-corrected chi connectivity index (χ3v) is 5.87. The minimum absolute atomic E-state index is 0.311. The van der Waals surface area contributed by atoms with E-state index in [0.29, 0.717) is 17.7 Å². The summed E-state index contributed by atoms with van der Waals surface area (Å²) in [4.78, 5) is 0. The van der Waals surface area contributed by atoms with Gasteiger partial charge in [0, 0.05) is 17.9 Å². The molecular formula is C20H20ClN3OS. The van der Waals surface area contributed by atoms with E-state index in [1.54, 1.807) is 11.8 Å². The number of hydrogen-bond donors (Lipinski definition) is 0. The van der Waals surface area contributed by atoms with Gasteiger partial charge in [0.25, 0.3) is 0 Å². The van der Waals surface area contributed by atoms with Crippen LogP contribution in [0.5, 0.6) is 0 Å². The van der Waals surface area contributed by atoms with Crippen molar-refractivity contribution < 1.29 is 4.74 Å². The van der Waals surface area contributed by atoms with Gasteiger partial charge >= 0.3 is 0 Å². The first-order valence-electron chi connectivity index (χ1n) is 8.77. The van der Waals surface area contributed by atoms with Gasteiger partial charge in [0.2, 0.25) is 0 Å². The Bertz CT molecular complexity index is 863. The largest absolute Gasteiger partial charge is 0.377 e. The average Bonchev–Trinajstić information content (AvgIpc) is 3.32. The number of aromatic nitrogens is 3. The number of ether oxygens (including phenoxy) is 1. The van der Waals surface area contributed by atoms with Crippen LogP contribution < -0.4 is 0 Å². The molecule has 6 heteroatoms. The summed E-state index contributed by atoms with van der Waals surface area (Å²) in [5.41, 5.74) is 2.11. The van der Waals surface area contributed by atoms with Crippen LogP contribution in [0.3, 0.4) is 0 Å². The van der Waals surface area contributed by atoms with Gasteiger partial charge in [-0.1, -0.05) is 65.8 Å². The Balaban J connectivity index is 1.66. The Morgan fingerprint density at radius 3 is 2.65 bits per heavy atom. The molecule has 1 aliphatic heterocycles. The zero-order chi connectivity index (χ0) is 17.8. The second-order valence-electron chi connectivity index (χ2n) is 6.30. The molecule has 0 unspecified atom stereocenters. The molecule has 0 amide bonds. The number of hydrogen-bond acceptors (Lipinski definition) is 4. The van der Waals surface area contributed by atoms with Crippen LogP contribution in [0, 0.1) is 0 Å².